The summed E-state index contributed by atoms with van der Waals surface area (Å²) in [7, 11) is 1.69. The molecule has 0 fully saturated rings. The molecule has 0 saturated carbocycles. The number of hydrogen-bond donors (Lipinski definition) is 1. The van der Waals surface area contributed by atoms with Crippen LogP contribution in [0.5, 0.6) is 0 Å². The van der Waals surface area contributed by atoms with Crippen LogP contribution in [0.3, 0.4) is 0 Å². The second-order valence-electron chi connectivity index (χ2n) is 4.01. The molecule has 0 radical (unpaired) electrons. The van der Waals surface area contributed by atoms with Gasteiger partial charge in [-0.15, -0.1) is 0 Å². The smallest absolute Gasteiger partial charge is 0.164 e. The highest BCUT2D eigenvalue weighted by molar-refractivity contribution is 5.14. The average Bonchev–Trinajstić information content (AvgIpc) is 2.84. The minimum atomic E-state index is 0.672. The largest absolute Gasteiger partial charge is 0.383 e. The fourth-order valence-electron chi connectivity index (χ4n) is 1.64. The predicted octanol–water partition coefficient (Wildman–Crippen LogP) is 1.06. The molecule has 0 aliphatic heterocycles. The normalized spacial score (nSPS) is 10.7. The molecule has 0 saturated heterocycles. The van der Waals surface area contributed by atoms with Crippen LogP contribution in [0.25, 0.3) is 0 Å². The molecule has 2 aromatic rings. The highest BCUT2D eigenvalue weighted by atomic mass is 16.5. The van der Waals surface area contributed by atoms with Gasteiger partial charge in [-0.1, -0.05) is 30.3 Å². The molecular weight excluding hydrogens is 228 g/mol. The van der Waals surface area contributed by atoms with Crippen molar-refractivity contribution in [3.63, 3.8) is 0 Å². The monoisotopic (exact) mass is 246 g/mol. The molecule has 18 heavy (non-hydrogen) atoms. The van der Waals surface area contributed by atoms with Gasteiger partial charge in [0.2, 0.25) is 0 Å². The maximum atomic E-state index is 4.96. The Bertz CT molecular complexity index is 455. The fourth-order valence-corrected chi connectivity index (χ4v) is 1.64. The summed E-state index contributed by atoms with van der Waals surface area (Å²) < 4.78 is 6.81. The highest BCUT2D eigenvalue weighted by Crippen LogP contribution is 2.01. The van der Waals surface area contributed by atoms with Gasteiger partial charge in [-0.2, -0.15) is 5.10 Å². The number of methoxy groups -OCH3 is 1. The summed E-state index contributed by atoms with van der Waals surface area (Å²) in [5.41, 5.74) is 1.22. The van der Waals surface area contributed by atoms with Crippen molar-refractivity contribution in [2.24, 2.45) is 0 Å². The number of benzene rings is 1. The van der Waals surface area contributed by atoms with E-state index >= 15 is 0 Å². The van der Waals surface area contributed by atoms with E-state index in [2.05, 4.69) is 27.5 Å². The van der Waals surface area contributed by atoms with Crippen molar-refractivity contribution < 1.29 is 4.74 Å². The van der Waals surface area contributed by atoms with Gasteiger partial charge in [0, 0.05) is 13.7 Å². The third-order valence-electron chi connectivity index (χ3n) is 2.54. The van der Waals surface area contributed by atoms with Crippen LogP contribution in [0.4, 0.5) is 0 Å². The first-order valence-electron chi connectivity index (χ1n) is 6.00. The van der Waals surface area contributed by atoms with E-state index < -0.39 is 0 Å². The molecule has 1 aromatic carbocycles. The van der Waals surface area contributed by atoms with Gasteiger partial charge in [-0.25, -0.2) is 9.67 Å². The maximum Gasteiger partial charge on any atom is 0.164 e. The quantitative estimate of drug-likeness (QED) is 0.742. The van der Waals surface area contributed by atoms with Crippen LogP contribution in [0.1, 0.15) is 11.4 Å². The Balaban J connectivity index is 1.83. The maximum absolute atomic E-state index is 4.96. The van der Waals surface area contributed by atoms with Crippen molar-refractivity contribution in [2.75, 3.05) is 20.3 Å². The number of ether oxygens (including phenoxy) is 1. The molecule has 0 bridgehead atoms. The number of aromatic nitrogens is 3. The Morgan fingerprint density at radius 2 is 2.11 bits per heavy atom. The van der Waals surface area contributed by atoms with Crippen LogP contribution in [0.15, 0.2) is 36.7 Å². The third-order valence-corrected chi connectivity index (χ3v) is 2.54. The Morgan fingerprint density at radius 3 is 2.89 bits per heavy atom. The van der Waals surface area contributed by atoms with Crippen LogP contribution >= 0.6 is 0 Å². The second-order valence-corrected chi connectivity index (χ2v) is 4.01. The highest BCUT2D eigenvalue weighted by Gasteiger charge is 2.00. The number of hydrogen-bond acceptors (Lipinski definition) is 4. The molecule has 0 spiro atoms. The molecule has 0 unspecified atom stereocenters. The van der Waals surface area contributed by atoms with Crippen molar-refractivity contribution in [1.82, 2.24) is 20.1 Å². The van der Waals surface area contributed by atoms with Crippen molar-refractivity contribution >= 4 is 0 Å². The summed E-state index contributed by atoms with van der Waals surface area (Å²) in [4.78, 5) is 4.26. The van der Waals surface area contributed by atoms with E-state index in [9.17, 15) is 0 Å². The Labute approximate surface area is 107 Å². The Morgan fingerprint density at radius 1 is 1.28 bits per heavy atom. The lowest BCUT2D eigenvalue weighted by molar-refractivity contribution is 0.199. The van der Waals surface area contributed by atoms with Gasteiger partial charge in [0.1, 0.15) is 6.33 Å². The minimum Gasteiger partial charge on any atom is -0.383 e. The van der Waals surface area contributed by atoms with Gasteiger partial charge in [-0.05, 0) is 5.56 Å². The zero-order valence-corrected chi connectivity index (χ0v) is 10.5. The van der Waals surface area contributed by atoms with E-state index in [4.69, 9.17) is 4.74 Å². The lowest BCUT2D eigenvalue weighted by Crippen LogP contribution is -2.19. The number of nitrogens with one attached hydrogen (secondary N) is 1. The Kier molecular flexibility index (Phi) is 4.87. The summed E-state index contributed by atoms with van der Waals surface area (Å²) >= 11 is 0. The van der Waals surface area contributed by atoms with E-state index in [0.29, 0.717) is 13.2 Å². The molecular formula is C13H18N4O. The molecule has 1 heterocycles. The van der Waals surface area contributed by atoms with Crippen molar-refractivity contribution in [1.29, 1.82) is 0 Å². The molecule has 96 valence electrons. The lowest BCUT2D eigenvalue weighted by atomic mass is 10.2. The van der Waals surface area contributed by atoms with Crippen LogP contribution in [0.2, 0.25) is 0 Å². The first-order valence-corrected chi connectivity index (χ1v) is 6.00. The van der Waals surface area contributed by atoms with Crippen LogP contribution < -0.4 is 5.32 Å². The molecule has 1 N–H and O–H groups in total. The van der Waals surface area contributed by atoms with E-state index in [1.54, 1.807) is 13.4 Å². The zero-order valence-electron chi connectivity index (χ0n) is 10.5. The summed E-state index contributed by atoms with van der Waals surface area (Å²) in [5, 5.41) is 7.62. The Hall–Kier alpha value is -1.72. The summed E-state index contributed by atoms with van der Waals surface area (Å²) in [6.07, 6.45) is 1.76. The summed E-state index contributed by atoms with van der Waals surface area (Å²) in [5.74, 6) is 0.807. The fraction of sp³-hybridized carbons (Fsp3) is 0.385. The van der Waals surface area contributed by atoms with Crippen molar-refractivity contribution in [2.45, 2.75) is 13.1 Å². The van der Waals surface area contributed by atoms with Gasteiger partial charge in [0.25, 0.3) is 0 Å². The van der Waals surface area contributed by atoms with Crippen LogP contribution in [0, 0.1) is 0 Å². The number of nitrogens with zero attached hydrogens (tertiary/aromatic N) is 3. The second kappa shape index (κ2) is 6.88. The van der Waals surface area contributed by atoms with Gasteiger partial charge < -0.3 is 10.1 Å². The van der Waals surface area contributed by atoms with Crippen LogP contribution in [-0.2, 0) is 17.8 Å². The van der Waals surface area contributed by atoms with E-state index in [1.165, 1.54) is 5.56 Å². The van der Waals surface area contributed by atoms with E-state index in [-0.39, 0.29) is 0 Å². The topological polar surface area (TPSA) is 52.0 Å². The van der Waals surface area contributed by atoms with Crippen molar-refractivity contribution in [3.05, 3.63) is 48.0 Å². The molecule has 5 nitrogen and oxygen atoms in total. The number of rotatable bonds is 7. The van der Waals surface area contributed by atoms with Gasteiger partial charge in [0.15, 0.2) is 5.82 Å². The zero-order chi connectivity index (χ0) is 12.6. The first-order chi connectivity index (χ1) is 8.88. The van der Waals surface area contributed by atoms with Crippen molar-refractivity contribution in [3.8, 4) is 0 Å². The van der Waals surface area contributed by atoms with E-state index in [1.807, 2.05) is 22.9 Å². The molecule has 2 rings (SSSR count). The van der Waals surface area contributed by atoms with E-state index in [0.717, 1.165) is 18.9 Å². The summed E-state index contributed by atoms with van der Waals surface area (Å²) in [6.45, 7) is 2.94. The molecule has 5 heteroatoms. The van der Waals surface area contributed by atoms with Gasteiger partial charge in [-0.3, -0.25) is 0 Å². The minimum absolute atomic E-state index is 0.672. The standard InChI is InChI=1S/C13H18N4O/c1-18-8-7-14-9-13-15-11-17(16-13)10-12-5-3-2-4-6-12/h2-6,11,14H,7-10H2,1H3. The lowest BCUT2D eigenvalue weighted by Gasteiger charge is -2.01. The van der Waals surface area contributed by atoms with Gasteiger partial charge >= 0.3 is 0 Å². The SMILES string of the molecule is COCCNCc1ncn(Cc2ccccc2)n1. The molecule has 0 atom stereocenters. The molecule has 0 amide bonds. The summed E-state index contributed by atoms with van der Waals surface area (Å²) in [6, 6.07) is 10.2. The third kappa shape index (κ3) is 3.94. The van der Waals surface area contributed by atoms with Crippen LogP contribution in [-0.4, -0.2) is 35.0 Å². The average molecular weight is 246 g/mol. The first kappa shape index (κ1) is 12.7. The van der Waals surface area contributed by atoms with Gasteiger partial charge in [0.05, 0.1) is 19.7 Å². The molecule has 1 aromatic heterocycles. The molecule has 0 aliphatic carbocycles. The predicted molar refractivity (Wildman–Crippen MR) is 69.1 cm³/mol. The molecule has 0 aliphatic rings.